The fourth-order valence-corrected chi connectivity index (χ4v) is 1.68. The Balaban J connectivity index is 2.42. The van der Waals surface area contributed by atoms with E-state index in [9.17, 15) is 19.8 Å². The van der Waals surface area contributed by atoms with Crippen molar-refractivity contribution in [3.8, 4) is 0 Å². The first kappa shape index (κ1) is 10.7. The number of rotatable bonds is 2. The number of aromatic nitrogens is 2. The lowest BCUT2D eigenvalue weighted by atomic mass is 10.1. The second-order valence-corrected chi connectivity index (χ2v) is 3.67. The van der Waals surface area contributed by atoms with Crippen LogP contribution in [0, 0.1) is 0 Å². The molecule has 1 aromatic heterocycles. The molecule has 1 aliphatic rings. The number of H-pyrrole nitrogens is 1. The van der Waals surface area contributed by atoms with Crippen molar-refractivity contribution in [1.29, 1.82) is 0 Å². The summed E-state index contributed by atoms with van der Waals surface area (Å²) >= 11 is 0. The second kappa shape index (κ2) is 4.41. The van der Waals surface area contributed by atoms with Crippen molar-refractivity contribution in [2.45, 2.75) is 24.5 Å². The predicted molar refractivity (Wildman–Crippen MR) is 54.3 cm³/mol. The van der Waals surface area contributed by atoms with Gasteiger partial charge in [-0.15, -0.1) is 0 Å². The van der Waals surface area contributed by atoms with Crippen molar-refractivity contribution < 1.29 is 21.4 Å². The Morgan fingerprint density at radius 1 is 1.47 bits per heavy atom. The third-order valence-corrected chi connectivity index (χ3v) is 2.58. The van der Waals surface area contributed by atoms with Gasteiger partial charge in [0.15, 0.2) is 6.23 Å². The summed E-state index contributed by atoms with van der Waals surface area (Å²) in [6.07, 6.45) is -4.18. The number of aliphatic hydroxyl groups excluding tert-OH is 3. The van der Waals surface area contributed by atoms with Gasteiger partial charge < -0.3 is 20.1 Å². The van der Waals surface area contributed by atoms with E-state index in [4.69, 9.17) is 11.2 Å². The van der Waals surface area contributed by atoms with Gasteiger partial charge in [-0.2, -0.15) is 0 Å². The smallest absolute Gasteiger partial charge is 0.330 e. The van der Waals surface area contributed by atoms with Crippen LogP contribution in [0.15, 0.2) is 21.8 Å². The summed E-state index contributed by atoms with van der Waals surface area (Å²) in [5, 5.41) is 28.1. The third-order valence-electron chi connectivity index (χ3n) is 2.58. The monoisotopic (exact) mass is 245 g/mol. The molecule has 1 aliphatic heterocycles. The Kier molecular flexibility index (Phi) is 2.77. The van der Waals surface area contributed by atoms with Gasteiger partial charge in [-0.25, -0.2) is 4.79 Å². The maximum Gasteiger partial charge on any atom is 0.330 e. The number of aromatic amines is 1. The molecule has 0 saturated carbocycles. The highest BCUT2D eigenvalue weighted by Gasteiger charge is 2.43. The number of hydrogen-bond donors (Lipinski definition) is 4. The average Bonchev–Trinajstić information content (AvgIpc) is 2.61. The quantitative estimate of drug-likeness (QED) is 0.444. The molecule has 2 rings (SSSR count). The van der Waals surface area contributed by atoms with Gasteiger partial charge in [0.05, 0.1) is 7.98 Å². The second-order valence-electron chi connectivity index (χ2n) is 3.67. The van der Waals surface area contributed by atoms with E-state index < -0.39 is 48.4 Å². The van der Waals surface area contributed by atoms with Crippen LogP contribution in [0.3, 0.4) is 0 Å². The minimum absolute atomic E-state index is 0.479. The van der Waals surface area contributed by atoms with Crippen LogP contribution in [0.4, 0.5) is 0 Å². The minimum atomic E-state index is -1.44. The van der Waals surface area contributed by atoms with Crippen LogP contribution in [-0.2, 0) is 4.74 Å². The highest BCUT2D eigenvalue weighted by molar-refractivity contribution is 4.92. The van der Waals surface area contributed by atoms with Gasteiger partial charge in [0.1, 0.15) is 18.3 Å². The maximum absolute atomic E-state index is 11.5. The molecule has 8 nitrogen and oxygen atoms in total. The highest BCUT2D eigenvalue weighted by Crippen LogP contribution is 2.27. The zero-order chi connectivity index (χ0) is 13.4. The SMILES string of the molecule is [2H]c1cn([C@@H]2O[C@H](CO)C(O)[C@@H]2O)c(=O)[nH]c1=O. The minimum Gasteiger partial charge on any atom is -0.394 e. The van der Waals surface area contributed by atoms with E-state index >= 15 is 0 Å². The van der Waals surface area contributed by atoms with Crippen molar-refractivity contribution in [1.82, 2.24) is 9.55 Å². The van der Waals surface area contributed by atoms with E-state index in [-0.39, 0.29) is 0 Å². The third kappa shape index (κ3) is 2.03. The van der Waals surface area contributed by atoms with E-state index in [1.807, 2.05) is 4.98 Å². The van der Waals surface area contributed by atoms with Crippen molar-refractivity contribution in [2.75, 3.05) is 6.61 Å². The zero-order valence-corrected chi connectivity index (χ0v) is 8.61. The van der Waals surface area contributed by atoms with Crippen LogP contribution >= 0.6 is 0 Å². The molecule has 1 fully saturated rings. The van der Waals surface area contributed by atoms with Gasteiger partial charge in [0.25, 0.3) is 5.56 Å². The van der Waals surface area contributed by atoms with Gasteiger partial charge in [0.2, 0.25) is 0 Å². The number of ether oxygens (including phenoxy) is 1. The van der Waals surface area contributed by atoms with Crippen LogP contribution in [-0.4, -0.2) is 49.8 Å². The molecule has 4 N–H and O–H groups in total. The Morgan fingerprint density at radius 3 is 2.76 bits per heavy atom. The van der Waals surface area contributed by atoms with E-state index in [1.165, 1.54) is 0 Å². The van der Waals surface area contributed by atoms with Gasteiger partial charge in [-0.3, -0.25) is 14.3 Å². The molecule has 0 aromatic carbocycles. The summed E-state index contributed by atoms with van der Waals surface area (Å²) in [6.45, 7) is -0.527. The Hall–Kier alpha value is -1.48. The Morgan fingerprint density at radius 2 is 2.18 bits per heavy atom. The van der Waals surface area contributed by atoms with E-state index in [2.05, 4.69) is 0 Å². The largest absolute Gasteiger partial charge is 0.394 e. The highest BCUT2D eigenvalue weighted by atomic mass is 16.6. The van der Waals surface area contributed by atoms with Crippen molar-refractivity contribution in [3.63, 3.8) is 0 Å². The number of aliphatic hydroxyl groups is 3. The van der Waals surface area contributed by atoms with Gasteiger partial charge >= 0.3 is 5.69 Å². The first-order valence-electron chi connectivity index (χ1n) is 5.40. The van der Waals surface area contributed by atoms with Crippen molar-refractivity contribution >= 4 is 0 Å². The van der Waals surface area contributed by atoms with Crippen LogP contribution in [0.2, 0.25) is 0 Å². The van der Waals surface area contributed by atoms with Gasteiger partial charge in [-0.1, -0.05) is 0 Å². The molecule has 0 spiro atoms. The topological polar surface area (TPSA) is 125 Å². The molecule has 1 aromatic rings. The van der Waals surface area contributed by atoms with E-state index in [1.54, 1.807) is 0 Å². The normalized spacial score (nSPS) is 33.7. The molecule has 1 saturated heterocycles. The Bertz CT molecular complexity index is 555. The van der Waals surface area contributed by atoms with Gasteiger partial charge in [0, 0.05) is 12.2 Å². The molecule has 2 heterocycles. The van der Waals surface area contributed by atoms with Crippen LogP contribution in [0.1, 0.15) is 7.60 Å². The first-order valence-corrected chi connectivity index (χ1v) is 4.90. The molecule has 8 heteroatoms. The molecular weight excluding hydrogens is 232 g/mol. The fourth-order valence-electron chi connectivity index (χ4n) is 1.68. The summed E-state index contributed by atoms with van der Waals surface area (Å²) in [4.78, 5) is 24.4. The fraction of sp³-hybridized carbons (Fsp3) is 0.556. The molecular formula is C9H12N2O6. The average molecular weight is 245 g/mol. The zero-order valence-electron chi connectivity index (χ0n) is 9.61. The lowest BCUT2D eigenvalue weighted by Crippen LogP contribution is -2.37. The summed E-state index contributed by atoms with van der Waals surface area (Å²) in [5.41, 5.74) is -1.73. The van der Waals surface area contributed by atoms with Crippen molar-refractivity contribution in [2.24, 2.45) is 0 Å². The maximum atomic E-state index is 11.5. The van der Waals surface area contributed by atoms with Crippen LogP contribution in [0.25, 0.3) is 0 Å². The Labute approximate surface area is 96.1 Å². The molecule has 1 unspecified atom stereocenters. The lowest BCUT2D eigenvalue weighted by molar-refractivity contribution is -0.0550. The molecule has 0 bridgehead atoms. The van der Waals surface area contributed by atoms with Gasteiger partial charge in [-0.05, 0) is 0 Å². The summed E-state index contributed by atoms with van der Waals surface area (Å²) in [7, 11) is 0. The van der Waals surface area contributed by atoms with Crippen molar-refractivity contribution in [3.05, 3.63) is 33.1 Å². The number of nitrogens with zero attached hydrogens (tertiary/aromatic N) is 1. The molecule has 0 aliphatic carbocycles. The standard InChI is InChI=1S/C9H12N2O6/c12-3-4-6(14)7(15)8(17-4)11-2-1-5(13)10-9(11)16/h1-2,4,6-8,12,14-15H,3H2,(H,10,13,16)/t4-,6?,7+,8-/m1/s1/i1D. The number of nitrogens with one attached hydrogen (secondary N) is 1. The first-order chi connectivity index (χ1) is 8.45. The van der Waals surface area contributed by atoms with E-state index in [0.717, 1.165) is 10.8 Å². The number of hydrogen-bond acceptors (Lipinski definition) is 6. The molecule has 17 heavy (non-hydrogen) atoms. The molecule has 0 amide bonds. The lowest BCUT2D eigenvalue weighted by Gasteiger charge is -2.16. The summed E-state index contributed by atoms with van der Waals surface area (Å²) in [5.74, 6) is 0. The summed E-state index contributed by atoms with van der Waals surface area (Å²) in [6, 6.07) is -0.479. The molecule has 4 atom stereocenters. The van der Waals surface area contributed by atoms with Crippen LogP contribution in [0.5, 0.6) is 0 Å². The van der Waals surface area contributed by atoms with E-state index in [0.29, 0.717) is 0 Å². The molecule has 94 valence electrons. The van der Waals surface area contributed by atoms with Crippen LogP contribution < -0.4 is 11.2 Å². The summed E-state index contributed by atoms with van der Waals surface area (Å²) < 4.78 is 13.2. The predicted octanol–water partition coefficient (Wildman–Crippen LogP) is -2.85. The molecule has 0 radical (unpaired) electrons.